The molecule has 1 aromatic heterocycles. The zero-order chi connectivity index (χ0) is 26.3. The van der Waals surface area contributed by atoms with Gasteiger partial charge in [0.25, 0.3) is 0 Å². The number of anilines is 1. The van der Waals surface area contributed by atoms with Crippen molar-refractivity contribution in [2.24, 2.45) is 5.92 Å². The van der Waals surface area contributed by atoms with E-state index in [2.05, 4.69) is 6.07 Å². The van der Waals surface area contributed by atoms with Crippen molar-refractivity contribution in [3.63, 3.8) is 0 Å². The highest BCUT2D eigenvalue weighted by molar-refractivity contribution is 5.88. The number of hydrogen-bond donors (Lipinski definition) is 0. The van der Waals surface area contributed by atoms with Crippen LogP contribution in [0, 0.1) is 5.92 Å². The van der Waals surface area contributed by atoms with Crippen LogP contribution in [0.15, 0.2) is 12.1 Å². The Morgan fingerprint density at radius 1 is 0.944 bits per heavy atom. The van der Waals surface area contributed by atoms with E-state index in [1.165, 1.54) is 0 Å². The smallest absolute Gasteiger partial charge is 0.416 e. The molecule has 36 heavy (non-hydrogen) atoms. The third-order valence-electron chi connectivity index (χ3n) is 5.88. The lowest BCUT2D eigenvalue weighted by molar-refractivity contribution is 0.0233. The number of hydrogen-bond acceptors (Lipinski definition) is 7. The summed E-state index contributed by atoms with van der Waals surface area (Å²) in [5.41, 5.74) is 0.938. The molecule has 9 heteroatoms. The predicted molar refractivity (Wildman–Crippen MR) is 137 cm³/mol. The fourth-order valence-corrected chi connectivity index (χ4v) is 4.22. The van der Waals surface area contributed by atoms with Gasteiger partial charge < -0.3 is 23.8 Å². The number of ether oxygens (including phenoxy) is 4. The van der Waals surface area contributed by atoms with E-state index in [1.807, 2.05) is 47.6 Å². The molecule has 3 rings (SSSR count). The number of likely N-dealkylation sites (tertiary alicyclic amines) is 1. The van der Waals surface area contributed by atoms with Gasteiger partial charge in [-0.05, 0) is 72.4 Å². The highest BCUT2D eigenvalue weighted by Gasteiger charge is 2.30. The molecule has 0 aliphatic carbocycles. The first-order chi connectivity index (χ1) is 16.9. The Kier molecular flexibility index (Phi) is 9.58. The van der Waals surface area contributed by atoms with E-state index >= 15 is 0 Å². The van der Waals surface area contributed by atoms with E-state index in [0.717, 1.165) is 30.5 Å². The average molecular weight is 506 g/mol. The van der Waals surface area contributed by atoms with Crippen LogP contribution in [0.1, 0.15) is 65.6 Å². The minimum atomic E-state index is -0.544. The molecule has 1 aromatic rings. The molecule has 0 unspecified atom stereocenters. The van der Waals surface area contributed by atoms with Crippen molar-refractivity contribution in [2.75, 3.05) is 51.0 Å². The van der Waals surface area contributed by atoms with E-state index in [9.17, 15) is 9.59 Å². The summed E-state index contributed by atoms with van der Waals surface area (Å²) in [7, 11) is 0. The SMILES string of the molecule is CC(C)(C)OC(=O)N1CC[C@@H](COCCOCCc2ccc3c(n2)N(C(=O)OC(C)(C)C)CCC3)C1. The van der Waals surface area contributed by atoms with Gasteiger partial charge >= 0.3 is 12.2 Å². The molecule has 2 aliphatic rings. The van der Waals surface area contributed by atoms with Crippen molar-refractivity contribution in [1.29, 1.82) is 0 Å². The van der Waals surface area contributed by atoms with Crippen LogP contribution in [-0.4, -0.2) is 79.3 Å². The minimum Gasteiger partial charge on any atom is -0.444 e. The van der Waals surface area contributed by atoms with Gasteiger partial charge in [0.2, 0.25) is 0 Å². The second-order valence-electron chi connectivity index (χ2n) is 11.5. The highest BCUT2D eigenvalue weighted by atomic mass is 16.6. The largest absolute Gasteiger partial charge is 0.444 e. The van der Waals surface area contributed by atoms with Crippen molar-refractivity contribution in [1.82, 2.24) is 9.88 Å². The summed E-state index contributed by atoms with van der Waals surface area (Å²) in [5, 5.41) is 0. The van der Waals surface area contributed by atoms with E-state index in [-0.39, 0.29) is 12.2 Å². The van der Waals surface area contributed by atoms with Crippen LogP contribution in [0.25, 0.3) is 0 Å². The first-order valence-electron chi connectivity index (χ1n) is 13.0. The molecule has 0 radical (unpaired) electrons. The number of aromatic nitrogens is 1. The molecule has 0 saturated carbocycles. The fraction of sp³-hybridized carbons (Fsp3) is 0.741. The van der Waals surface area contributed by atoms with Crippen LogP contribution in [0.2, 0.25) is 0 Å². The Balaban J connectivity index is 1.34. The molecular formula is C27H43N3O6. The van der Waals surface area contributed by atoms with Crippen molar-refractivity contribution in [3.8, 4) is 0 Å². The summed E-state index contributed by atoms with van der Waals surface area (Å²) >= 11 is 0. The molecule has 0 N–H and O–H groups in total. The Hall–Kier alpha value is -2.39. The van der Waals surface area contributed by atoms with Gasteiger partial charge in [0, 0.05) is 37.7 Å². The lowest BCUT2D eigenvalue weighted by Gasteiger charge is -2.31. The summed E-state index contributed by atoms with van der Waals surface area (Å²) in [5.74, 6) is 1.03. The van der Waals surface area contributed by atoms with Gasteiger partial charge in [-0.1, -0.05) is 6.07 Å². The second-order valence-corrected chi connectivity index (χ2v) is 11.5. The van der Waals surface area contributed by atoms with Gasteiger partial charge in [-0.2, -0.15) is 0 Å². The van der Waals surface area contributed by atoms with Gasteiger partial charge in [0.05, 0.1) is 26.4 Å². The fourth-order valence-electron chi connectivity index (χ4n) is 4.22. The molecule has 202 valence electrons. The highest BCUT2D eigenvalue weighted by Crippen LogP contribution is 2.27. The zero-order valence-electron chi connectivity index (χ0n) is 22.8. The van der Waals surface area contributed by atoms with Gasteiger partial charge in [-0.15, -0.1) is 0 Å². The van der Waals surface area contributed by atoms with Gasteiger partial charge in [0.15, 0.2) is 0 Å². The Morgan fingerprint density at radius 2 is 1.64 bits per heavy atom. The number of amides is 2. The first kappa shape index (κ1) is 28.2. The summed E-state index contributed by atoms with van der Waals surface area (Å²) < 4.78 is 22.5. The quantitative estimate of drug-likeness (QED) is 0.477. The van der Waals surface area contributed by atoms with Gasteiger partial charge in [0.1, 0.15) is 17.0 Å². The monoisotopic (exact) mass is 505 g/mol. The number of fused-ring (bicyclic) bond motifs is 1. The van der Waals surface area contributed by atoms with Crippen molar-refractivity contribution in [3.05, 3.63) is 23.4 Å². The third kappa shape index (κ3) is 8.92. The summed E-state index contributed by atoms with van der Waals surface area (Å²) in [4.78, 5) is 33.0. The maximum Gasteiger partial charge on any atom is 0.416 e. The Morgan fingerprint density at radius 3 is 2.36 bits per heavy atom. The topological polar surface area (TPSA) is 90.4 Å². The Bertz CT molecular complexity index is 892. The maximum atomic E-state index is 12.6. The Labute approximate surface area is 215 Å². The molecule has 1 atom stereocenters. The lowest BCUT2D eigenvalue weighted by Crippen LogP contribution is -2.40. The van der Waals surface area contributed by atoms with Gasteiger partial charge in [-0.25, -0.2) is 14.6 Å². The molecule has 2 aliphatic heterocycles. The van der Waals surface area contributed by atoms with Crippen LogP contribution in [0.5, 0.6) is 0 Å². The van der Waals surface area contributed by atoms with E-state index < -0.39 is 11.2 Å². The maximum absolute atomic E-state index is 12.6. The lowest BCUT2D eigenvalue weighted by atomic mass is 10.1. The molecule has 1 saturated heterocycles. The normalized spacial score (nSPS) is 18.2. The second kappa shape index (κ2) is 12.2. The molecule has 3 heterocycles. The summed E-state index contributed by atoms with van der Waals surface area (Å²) in [6.07, 6.45) is 2.78. The molecule has 0 bridgehead atoms. The molecule has 0 aromatic carbocycles. The number of rotatable bonds is 8. The van der Waals surface area contributed by atoms with Crippen LogP contribution >= 0.6 is 0 Å². The van der Waals surface area contributed by atoms with Crippen LogP contribution in [-0.2, 0) is 31.8 Å². The van der Waals surface area contributed by atoms with Crippen molar-refractivity contribution >= 4 is 18.0 Å². The molecule has 2 amide bonds. The number of pyridine rings is 1. The van der Waals surface area contributed by atoms with E-state index in [1.54, 1.807) is 9.80 Å². The molecule has 0 spiro atoms. The minimum absolute atomic E-state index is 0.252. The van der Waals surface area contributed by atoms with Crippen molar-refractivity contribution in [2.45, 2.75) is 78.4 Å². The third-order valence-corrected chi connectivity index (χ3v) is 5.88. The van der Waals surface area contributed by atoms with E-state index in [4.69, 9.17) is 23.9 Å². The standard InChI is InChI=1S/C27H43N3O6/c1-26(2,3)35-24(31)29-14-11-20(18-29)19-34-17-16-33-15-12-22-10-9-21-8-7-13-30(23(21)28-22)25(32)36-27(4,5)6/h9-10,20H,7-8,11-19H2,1-6H3/t20-/m1/s1. The number of nitrogens with zero attached hydrogens (tertiary/aromatic N) is 3. The van der Waals surface area contributed by atoms with Crippen molar-refractivity contribution < 1.29 is 28.5 Å². The number of carbonyl (C=O) groups excluding carboxylic acids is 2. The van der Waals surface area contributed by atoms with Crippen LogP contribution in [0.3, 0.4) is 0 Å². The van der Waals surface area contributed by atoms with E-state index in [0.29, 0.717) is 64.2 Å². The predicted octanol–water partition coefficient (Wildman–Crippen LogP) is 4.60. The first-order valence-corrected chi connectivity index (χ1v) is 13.0. The van der Waals surface area contributed by atoms with Crippen LogP contribution in [0.4, 0.5) is 15.4 Å². The van der Waals surface area contributed by atoms with Gasteiger partial charge in [-0.3, -0.25) is 4.90 Å². The zero-order valence-corrected chi connectivity index (χ0v) is 22.8. The number of aryl methyl sites for hydroxylation is 1. The molecule has 9 nitrogen and oxygen atoms in total. The summed E-state index contributed by atoms with van der Waals surface area (Å²) in [6, 6.07) is 4.06. The molecular weight excluding hydrogens is 462 g/mol. The molecule has 1 fully saturated rings. The average Bonchev–Trinajstić information content (AvgIpc) is 3.25. The van der Waals surface area contributed by atoms with Crippen LogP contribution < -0.4 is 4.90 Å². The summed E-state index contributed by atoms with van der Waals surface area (Å²) in [6.45, 7) is 15.4. The number of carbonyl (C=O) groups is 2.